The number of rotatable bonds is 3. The van der Waals surface area contributed by atoms with Gasteiger partial charge in [-0.1, -0.05) is 12.1 Å². The Bertz CT molecular complexity index is 656. The van der Waals surface area contributed by atoms with Gasteiger partial charge in [0.15, 0.2) is 0 Å². The fraction of sp³-hybridized carbons (Fsp3) is 0.133. The van der Waals surface area contributed by atoms with Gasteiger partial charge in [0.1, 0.15) is 17.1 Å². The number of nitrogens with two attached hydrogens (primary N) is 1. The fourth-order valence-electron chi connectivity index (χ4n) is 1.86. The summed E-state index contributed by atoms with van der Waals surface area (Å²) in [6, 6.07) is 9.44. The number of methoxy groups -OCH3 is 1. The van der Waals surface area contributed by atoms with Gasteiger partial charge in [-0.3, -0.25) is 4.79 Å². The molecule has 0 saturated heterocycles. The van der Waals surface area contributed by atoms with E-state index in [1.165, 1.54) is 25.3 Å². The third-order valence-corrected chi connectivity index (χ3v) is 2.88. The van der Waals surface area contributed by atoms with Gasteiger partial charge in [-0.2, -0.15) is 0 Å². The van der Waals surface area contributed by atoms with Crippen molar-refractivity contribution in [2.24, 2.45) is 0 Å². The summed E-state index contributed by atoms with van der Waals surface area (Å²) in [4.78, 5) is 12.2. The summed E-state index contributed by atoms with van der Waals surface area (Å²) >= 11 is 0. The van der Waals surface area contributed by atoms with Gasteiger partial charge < -0.3 is 15.8 Å². The first kappa shape index (κ1) is 13.9. The Hall–Kier alpha value is -2.56. The number of nitrogens with one attached hydrogen (secondary N) is 1. The molecule has 0 spiro atoms. The van der Waals surface area contributed by atoms with Crippen LogP contribution >= 0.6 is 0 Å². The zero-order chi connectivity index (χ0) is 14.7. The van der Waals surface area contributed by atoms with E-state index in [0.717, 1.165) is 5.56 Å². The van der Waals surface area contributed by atoms with Crippen molar-refractivity contribution in [1.82, 2.24) is 0 Å². The number of benzene rings is 2. The number of carbonyl (C=O) groups excluding carboxylic acids is 1. The zero-order valence-electron chi connectivity index (χ0n) is 11.2. The zero-order valence-corrected chi connectivity index (χ0v) is 11.2. The highest BCUT2D eigenvalue weighted by atomic mass is 19.1. The van der Waals surface area contributed by atoms with Gasteiger partial charge in [0.05, 0.1) is 18.5 Å². The van der Waals surface area contributed by atoms with Crippen LogP contribution in [0, 0.1) is 12.7 Å². The second-order valence-corrected chi connectivity index (χ2v) is 4.36. The molecule has 2 aromatic rings. The first-order valence-electron chi connectivity index (χ1n) is 6.03. The quantitative estimate of drug-likeness (QED) is 0.846. The molecule has 5 heteroatoms. The highest BCUT2D eigenvalue weighted by Gasteiger charge is 2.18. The molecule has 4 nitrogen and oxygen atoms in total. The van der Waals surface area contributed by atoms with Crippen molar-refractivity contribution in [3.8, 4) is 5.75 Å². The van der Waals surface area contributed by atoms with Gasteiger partial charge in [-0.05, 0) is 36.8 Å². The second-order valence-electron chi connectivity index (χ2n) is 4.36. The summed E-state index contributed by atoms with van der Waals surface area (Å²) < 4.78 is 18.8. The molecule has 0 aliphatic heterocycles. The Morgan fingerprint density at radius 1 is 1.30 bits per heavy atom. The number of anilines is 2. The molecular formula is C15H15FN2O2. The Morgan fingerprint density at radius 3 is 2.75 bits per heavy atom. The largest absolute Gasteiger partial charge is 0.496 e. The molecule has 0 aliphatic carbocycles. The Balaban J connectivity index is 2.36. The van der Waals surface area contributed by atoms with E-state index in [9.17, 15) is 9.18 Å². The van der Waals surface area contributed by atoms with Gasteiger partial charge in [-0.15, -0.1) is 0 Å². The maximum Gasteiger partial charge on any atom is 0.262 e. The Labute approximate surface area is 116 Å². The molecule has 0 heterocycles. The number of aryl methyl sites for hydroxylation is 1. The van der Waals surface area contributed by atoms with Crippen LogP contribution in [-0.4, -0.2) is 13.0 Å². The standard InChI is InChI=1S/C15H15FN2O2/c1-9-6-7-11(17)12(8-9)18-15(19)14-10(16)4-3-5-13(14)20-2/h3-8H,17H2,1-2H3,(H,18,19). The molecule has 2 aromatic carbocycles. The van der Waals surface area contributed by atoms with E-state index in [4.69, 9.17) is 10.5 Å². The Kier molecular flexibility index (Phi) is 3.89. The topological polar surface area (TPSA) is 64.3 Å². The van der Waals surface area contributed by atoms with E-state index < -0.39 is 11.7 Å². The highest BCUT2D eigenvalue weighted by Crippen LogP contribution is 2.25. The number of ether oxygens (including phenoxy) is 1. The SMILES string of the molecule is COc1cccc(F)c1C(=O)Nc1cc(C)ccc1N. The van der Waals surface area contributed by atoms with Gasteiger partial charge in [0, 0.05) is 0 Å². The molecule has 0 saturated carbocycles. The van der Waals surface area contributed by atoms with Gasteiger partial charge >= 0.3 is 0 Å². The van der Waals surface area contributed by atoms with Gasteiger partial charge in [0.25, 0.3) is 5.91 Å². The van der Waals surface area contributed by atoms with E-state index in [2.05, 4.69) is 5.32 Å². The van der Waals surface area contributed by atoms with Crippen molar-refractivity contribution < 1.29 is 13.9 Å². The molecule has 1 amide bonds. The van der Waals surface area contributed by atoms with Crippen LogP contribution in [0.25, 0.3) is 0 Å². The van der Waals surface area contributed by atoms with Crippen LogP contribution in [0.4, 0.5) is 15.8 Å². The minimum absolute atomic E-state index is 0.143. The lowest BCUT2D eigenvalue weighted by Crippen LogP contribution is -2.16. The number of halogens is 1. The summed E-state index contributed by atoms with van der Waals surface area (Å²) in [7, 11) is 1.38. The van der Waals surface area contributed by atoms with Gasteiger partial charge in [0.2, 0.25) is 0 Å². The third-order valence-electron chi connectivity index (χ3n) is 2.88. The highest BCUT2D eigenvalue weighted by molar-refractivity contribution is 6.07. The second kappa shape index (κ2) is 5.61. The van der Waals surface area contributed by atoms with Crippen LogP contribution < -0.4 is 15.8 Å². The van der Waals surface area contributed by atoms with Crippen LogP contribution in [0.5, 0.6) is 5.75 Å². The average molecular weight is 274 g/mol. The number of amides is 1. The van der Waals surface area contributed by atoms with E-state index >= 15 is 0 Å². The lowest BCUT2D eigenvalue weighted by Gasteiger charge is -2.12. The average Bonchev–Trinajstić information content (AvgIpc) is 2.42. The maximum atomic E-state index is 13.8. The molecular weight excluding hydrogens is 259 g/mol. The number of carbonyl (C=O) groups is 1. The molecule has 104 valence electrons. The first-order valence-corrected chi connectivity index (χ1v) is 6.03. The minimum atomic E-state index is -0.645. The molecule has 0 radical (unpaired) electrons. The molecule has 3 N–H and O–H groups in total. The summed E-state index contributed by atoms with van der Waals surface area (Å²) in [5.41, 5.74) is 7.44. The first-order chi connectivity index (χ1) is 9.52. The maximum absolute atomic E-state index is 13.8. The van der Waals surface area contributed by atoms with Crippen molar-refractivity contribution in [1.29, 1.82) is 0 Å². The number of hydrogen-bond donors (Lipinski definition) is 2. The summed E-state index contributed by atoms with van der Waals surface area (Å²) in [5, 5.41) is 2.60. The molecule has 0 unspecified atom stereocenters. The van der Waals surface area contributed by atoms with E-state index in [1.807, 2.05) is 13.0 Å². The summed E-state index contributed by atoms with van der Waals surface area (Å²) in [6.07, 6.45) is 0. The molecule has 0 aromatic heterocycles. The Morgan fingerprint density at radius 2 is 2.05 bits per heavy atom. The van der Waals surface area contributed by atoms with Crippen LogP contribution in [0.15, 0.2) is 36.4 Å². The van der Waals surface area contributed by atoms with Gasteiger partial charge in [-0.25, -0.2) is 4.39 Å². The van der Waals surface area contributed by atoms with E-state index in [0.29, 0.717) is 11.4 Å². The molecule has 0 bridgehead atoms. The predicted molar refractivity (Wildman–Crippen MR) is 76.5 cm³/mol. The van der Waals surface area contributed by atoms with Crippen molar-refractivity contribution in [3.63, 3.8) is 0 Å². The van der Waals surface area contributed by atoms with E-state index in [-0.39, 0.29) is 11.3 Å². The van der Waals surface area contributed by atoms with Crippen LogP contribution in [0.2, 0.25) is 0 Å². The summed E-state index contributed by atoms with van der Waals surface area (Å²) in [6.45, 7) is 1.87. The minimum Gasteiger partial charge on any atom is -0.496 e. The monoisotopic (exact) mass is 274 g/mol. The molecule has 0 fully saturated rings. The number of hydrogen-bond acceptors (Lipinski definition) is 3. The van der Waals surface area contributed by atoms with Crippen LogP contribution in [0.3, 0.4) is 0 Å². The number of nitrogen functional groups attached to an aromatic ring is 1. The van der Waals surface area contributed by atoms with Crippen molar-refractivity contribution in [2.45, 2.75) is 6.92 Å². The van der Waals surface area contributed by atoms with Crippen LogP contribution in [0.1, 0.15) is 15.9 Å². The van der Waals surface area contributed by atoms with Crippen LogP contribution in [-0.2, 0) is 0 Å². The third kappa shape index (κ3) is 2.71. The molecule has 0 aliphatic rings. The van der Waals surface area contributed by atoms with Crippen molar-refractivity contribution >= 4 is 17.3 Å². The predicted octanol–water partition coefficient (Wildman–Crippen LogP) is 2.98. The van der Waals surface area contributed by atoms with Crippen molar-refractivity contribution in [2.75, 3.05) is 18.2 Å². The fourth-order valence-corrected chi connectivity index (χ4v) is 1.86. The lowest BCUT2D eigenvalue weighted by molar-refractivity contribution is 0.102. The molecule has 0 atom stereocenters. The van der Waals surface area contributed by atoms with E-state index in [1.54, 1.807) is 12.1 Å². The van der Waals surface area contributed by atoms with Crippen molar-refractivity contribution in [3.05, 3.63) is 53.3 Å². The lowest BCUT2D eigenvalue weighted by atomic mass is 10.1. The molecule has 20 heavy (non-hydrogen) atoms. The summed E-state index contributed by atoms with van der Waals surface area (Å²) in [5.74, 6) is -1.07. The molecule has 2 rings (SSSR count). The normalized spacial score (nSPS) is 10.2. The smallest absolute Gasteiger partial charge is 0.262 e.